The van der Waals surface area contributed by atoms with Crippen LogP contribution >= 0.6 is 11.3 Å². The number of rotatable bonds is 2. The number of nitrogens with two attached hydrogens (primary N) is 1. The Balaban J connectivity index is 1.78. The zero-order valence-corrected chi connectivity index (χ0v) is 14.5. The van der Waals surface area contributed by atoms with Crippen LogP contribution < -0.4 is 10.6 Å². The van der Waals surface area contributed by atoms with E-state index in [0.29, 0.717) is 12.1 Å². The van der Waals surface area contributed by atoms with Crippen molar-refractivity contribution in [2.24, 2.45) is 0 Å². The lowest BCUT2D eigenvalue weighted by atomic mass is 9.95. The van der Waals surface area contributed by atoms with Gasteiger partial charge in [-0.25, -0.2) is 4.98 Å². The summed E-state index contributed by atoms with van der Waals surface area (Å²) in [6.07, 6.45) is 3.38. The Labute approximate surface area is 140 Å². The van der Waals surface area contributed by atoms with E-state index in [1.807, 2.05) is 11.3 Å². The topological polar surface area (TPSA) is 67.5 Å². The van der Waals surface area contributed by atoms with Gasteiger partial charge in [0, 0.05) is 44.6 Å². The molecule has 2 aromatic rings. The Morgan fingerprint density at radius 1 is 1.22 bits per heavy atom. The highest BCUT2D eigenvalue weighted by molar-refractivity contribution is 7.19. The molecule has 124 valence electrons. The number of likely N-dealkylation sites (N-methyl/N-ethyl adjacent to an activating group) is 1. The molecule has 1 fully saturated rings. The minimum absolute atomic E-state index is 0.295. The van der Waals surface area contributed by atoms with Crippen LogP contribution in [0, 0.1) is 0 Å². The van der Waals surface area contributed by atoms with Gasteiger partial charge in [-0.05, 0) is 25.5 Å². The summed E-state index contributed by atoms with van der Waals surface area (Å²) >= 11 is 1.85. The van der Waals surface area contributed by atoms with Crippen LogP contribution in [0.15, 0.2) is 0 Å². The fourth-order valence-electron chi connectivity index (χ4n) is 3.54. The number of hydrogen-bond donors (Lipinski definition) is 1. The van der Waals surface area contributed by atoms with E-state index in [4.69, 9.17) is 10.5 Å². The second kappa shape index (κ2) is 5.89. The number of aromatic nitrogens is 2. The predicted octanol–water partition coefficient (Wildman–Crippen LogP) is 1.53. The standard InChI is InChI=1S/C16H23N5OS/c1-20-5-7-21(8-6-20)15-14-13(18-16(17)19-15)11-9-10(22-2)3-4-12(11)23-14/h10H,3-9H2,1-2H3,(H2,17,18,19). The third-order valence-corrected chi connectivity index (χ3v) is 6.25. The van der Waals surface area contributed by atoms with E-state index in [0.717, 1.165) is 56.8 Å². The molecule has 0 bridgehead atoms. The summed E-state index contributed by atoms with van der Waals surface area (Å²) in [4.78, 5) is 15.3. The summed E-state index contributed by atoms with van der Waals surface area (Å²) in [5.41, 5.74) is 8.41. The molecule has 1 atom stereocenters. The maximum absolute atomic E-state index is 6.03. The zero-order valence-electron chi connectivity index (χ0n) is 13.7. The third-order valence-electron chi connectivity index (χ3n) is 4.97. The first-order valence-electron chi connectivity index (χ1n) is 8.19. The first-order chi connectivity index (χ1) is 11.2. The van der Waals surface area contributed by atoms with Crippen molar-refractivity contribution < 1.29 is 4.74 Å². The number of piperazine rings is 1. The molecule has 0 saturated carbocycles. The van der Waals surface area contributed by atoms with Gasteiger partial charge in [0.05, 0.1) is 16.3 Å². The second-order valence-corrected chi connectivity index (χ2v) is 7.58. The summed E-state index contributed by atoms with van der Waals surface area (Å²) in [7, 11) is 3.96. The van der Waals surface area contributed by atoms with E-state index in [2.05, 4.69) is 26.8 Å². The molecule has 4 rings (SSSR count). The molecule has 1 aliphatic carbocycles. The number of hydrogen-bond acceptors (Lipinski definition) is 7. The highest BCUT2D eigenvalue weighted by Gasteiger charge is 2.27. The van der Waals surface area contributed by atoms with Gasteiger partial charge < -0.3 is 20.3 Å². The number of nitrogens with zero attached hydrogens (tertiary/aromatic N) is 4. The molecule has 1 aliphatic heterocycles. The molecule has 7 heteroatoms. The van der Waals surface area contributed by atoms with Gasteiger partial charge in [0.25, 0.3) is 0 Å². The largest absolute Gasteiger partial charge is 0.381 e. The summed E-state index contributed by atoms with van der Waals surface area (Å²) in [5, 5.41) is 0. The average molecular weight is 333 g/mol. The van der Waals surface area contributed by atoms with Crippen LogP contribution in [0.4, 0.5) is 11.8 Å². The number of nitrogen functional groups attached to an aromatic ring is 1. The highest BCUT2D eigenvalue weighted by atomic mass is 32.1. The van der Waals surface area contributed by atoms with Gasteiger partial charge in [0.15, 0.2) is 5.82 Å². The molecule has 0 aromatic carbocycles. The van der Waals surface area contributed by atoms with Crippen molar-refractivity contribution in [3.8, 4) is 0 Å². The molecule has 23 heavy (non-hydrogen) atoms. The minimum atomic E-state index is 0.295. The molecule has 0 amide bonds. The van der Waals surface area contributed by atoms with Crippen molar-refractivity contribution in [1.29, 1.82) is 0 Å². The summed E-state index contributed by atoms with van der Waals surface area (Å²) in [6.45, 7) is 4.10. The van der Waals surface area contributed by atoms with Crippen molar-refractivity contribution in [3.63, 3.8) is 0 Å². The smallest absolute Gasteiger partial charge is 0.222 e. The van der Waals surface area contributed by atoms with E-state index >= 15 is 0 Å². The van der Waals surface area contributed by atoms with Crippen LogP contribution in [0.2, 0.25) is 0 Å². The lowest BCUT2D eigenvalue weighted by Gasteiger charge is -2.33. The number of fused-ring (bicyclic) bond motifs is 3. The van der Waals surface area contributed by atoms with Crippen LogP contribution in [-0.2, 0) is 17.6 Å². The lowest BCUT2D eigenvalue weighted by Crippen LogP contribution is -2.44. The number of aryl methyl sites for hydroxylation is 1. The molecular formula is C16H23N5OS. The van der Waals surface area contributed by atoms with E-state index in [1.165, 1.54) is 15.1 Å². The Kier molecular flexibility index (Phi) is 3.87. The van der Waals surface area contributed by atoms with Gasteiger partial charge in [-0.3, -0.25) is 0 Å². The van der Waals surface area contributed by atoms with Gasteiger partial charge in [0.1, 0.15) is 0 Å². The molecule has 1 unspecified atom stereocenters. The SMILES string of the molecule is COC1CCc2sc3c(N4CCN(C)CC4)nc(N)nc3c2C1. The molecule has 0 radical (unpaired) electrons. The van der Waals surface area contributed by atoms with E-state index in [-0.39, 0.29) is 0 Å². The normalized spacial score (nSPS) is 22.5. The van der Waals surface area contributed by atoms with Gasteiger partial charge in [-0.1, -0.05) is 0 Å². The van der Waals surface area contributed by atoms with E-state index < -0.39 is 0 Å². The molecule has 2 aliphatic rings. The molecule has 3 heterocycles. The van der Waals surface area contributed by atoms with Crippen molar-refractivity contribution in [3.05, 3.63) is 10.4 Å². The van der Waals surface area contributed by atoms with Gasteiger partial charge in [-0.15, -0.1) is 11.3 Å². The predicted molar refractivity (Wildman–Crippen MR) is 94.4 cm³/mol. The molecule has 2 N–H and O–H groups in total. The van der Waals surface area contributed by atoms with Crippen LogP contribution in [0.3, 0.4) is 0 Å². The molecule has 1 saturated heterocycles. The molecular weight excluding hydrogens is 310 g/mol. The summed E-state index contributed by atoms with van der Waals surface area (Å²) in [5.74, 6) is 1.40. The number of ether oxygens (including phenoxy) is 1. The molecule has 2 aromatic heterocycles. The fourth-order valence-corrected chi connectivity index (χ4v) is 4.84. The van der Waals surface area contributed by atoms with Crippen molar-refractivity contribution >= 4 is 33.3 Å². The van der Waals surface area contributed by atoms with Crippen LogP contribution in [0.25, 0.3) is 10.2 Å². The van der Waals surface area contributed by atoms with Crippen LogP contribution in [0.5, 0.6) is 0 Å². The first-order valence-corrected chi connectivity index (χ1v) is 9.01. The lowest BCUT2D eigenvalue weighted by molar-refractivity contribution is 0.0919. The monoisotopic (exact) mass is 333 g/mol. The Morgan fingerprint density at radius 2 is 2.00 bits per heavy atom. The molecule has 0 spiro atoms. The van der Waals surface area contributed by atoms with Gasteiger partial charge in [0.2, 0.25) is 5.95 Å². The van der Waals surface area contributed by atoms with E-state index in [9.17, 15) is 0 Å². The Morgan fingerprint density at radius 3 is 2.74 bits per heavy atom. The Bertz CT molecular complexity index is 723. The van der Waals surface area contributed by atoms with Crippen LogP contribution in [-0.4, -0.2) is 61.3 Å². The Hall–Kier alpha value is -1.44. The highest BCUT2D eigenvalue weighted by Crippen LogP contribution is 2.40. The van der Waals surface area contributed by atoms with Crippen molar-refractivity contribution in [1.82, 2.24) is 14.9 Å². The minimum Gasteiger partial charge on any atom is -0.381 e. The average Bonchev–Trinajstić information content (AvgIpc) is 2.92. The number of thiophene rings is 1. The molecule has 6 nitrogen and oxygen atoms in total. The van der Waals surface area contributed by atoms with Crippen molar-refractivity contribution in [2.75, 3.05) is 51.0 Å². The zero-order chi connectivity index (χ0) is 16.0. The summed E-state index contributed by atoms with van der Waals surface area (Å²) in [6, 6.07) is 0. The fraction of sp³-hybridized carbons (Fsp3) is 0.625. The number of anilines is 2. The quantitative estimate of drug-likeness (QED) is 0.899. The van der Waals surface area contributed by atoms with Gasteiger partial charge >= 0.3 is 0 Å². The van der Waals surface area contributed by atoms with Crippen molar-refractivity contribution in [2.45, 2.75) is 25.4 Å². The second-order valence-electron chi connectivity index (χ2n) is 6.48. The maximum Gasteiger partial charge on any atom is 0.222 e. The summed E-state index contributed by atoms with van der Waals surface area (Å²) < 4.78 is 6.77. The third kappa shape index (κ3) is 2.66. The van der Waals surface area contributed by atoms with Crippen LogP contribution in [0.1, 0.15) is 16.9 Å². The van der Waals surface area contributed by atoms with E-state index in [1.54, 1.807) is 7.11 Å². The maximum atomic E-state index is 6.03. The first kappa shape index (κ1) is 15.1. The van der Waals surface area contributed by atoms with Gasteiger partial charge in [-0.2, -0.15) is 4.98 Å². The number of methoxy groups -OCH3 is 1.